The number of nitrogens with one attached hydrogen (secondary N) is 1. The Kier molecular flexibility index (Phi) is 5.36. The molecule has 1 atom stereocenters. The van der Waals surface area contributed by atoms with Gasteiger partial charge in [-0.25, -0.2) is 4.98 Å². The highest BCUT2D eigenvalue weighted by atomic mass is 15.1. The lowest BCUT2D eigenvalue weighted by atomic mass is 10.0. The van der Waals surface area contributed by atoms with Gasteiger partial charge in [0.25, 0.3) is 0 Å². The molecule has 1 heterocycles. The third-order valence-corrected chi connectivity index (χ3v) is 3.62. The van der Waals surface area contributed by atoms with Crippen molar-refractivity contribution in [3.63, 3.8) is 0 Å². The van der Waals surface area contributed by atoms with Gasteiger partial charge in [-0.3, -0.25) is 0 Å². The third kappa shape index (κ3) is 3.10. The Morgan fingerprint density at radius 3 is 2.70 bits per heavy atom. The highest BCUT2D eigenvalue weighted by Crippen LogP contribution is 2.25. The van der Waals surface area contributed by atoms with Crippen LogP contribution in [0.25, 0.3) is 5.69 Å². The molecule has 3 heteroatoms. The zero-order valence-corrected chi connectivity index (χ0v) is 12.8. The zero-order chi connectivity index (χ0) is 14.4. The summed E-state index contributed by atoms with van der Waals surface area (Å²) in [7, 11) is 0. The SMILES string of the molecule is CCCc1nccn1-c1ccccc1C(CC)NCC. The van der Waals surface area contributed by atoms with Crippen molar-refractivity contribution in [2.45, 2.75) is 46.1 Å². The Balaban J connectivity index is 2.43. The van der Waals surface area contributed by atoms with Crippen molar-refractivity contribution in [3.8, 4) is 5.69 Å². The van der Waals surface area contributed by atoms with Crippen LogP contribution in [0.1, 0.15) is 51.0 Å². The number of imidazole rings is 1. The van der Waals surface area contributed by atoms with Gasteiger partial charge < -0.3 is 9.88 Å². The van der Waals surface area contributed by atoms with Crippen LogP contribution in [0.15, 0.2) is 36.7 Å². The standard InChI is InChI=1S/C17H25N3/c1-4-9-17-19-12-13-20(17)16-11-8-7-10-14(16)15(5-2)18-6-3/h7-8,10-13,15,18H,4-6,9H2,1-3H3. The summed E-state index contributed by atoms with van der Waals surface area (Å²) in [5.74, 6) is 1.14. The number of rotatable bonds is 7. The van der Waals surface area contributed by atoms with Gasteiger partial charge in [-0.05, 0) is 31.0 Å². The van der Waals surface area contributed by atoms with Crippen LogP contribution in [0.2, 0.25) is 0 Å². The molecule has 2 rings (SSSR count). The first-order valence-electron chi connectivity index (χ1n) is 7.66. The molecular weight excluding hydrogens is 246 g/mol. The van der Waals surface area contributed by atoms with Crippen LogP contribution in [-0.2, 0) is 6.42 Å². The van der Waals surface area contributed by atoms with Crippen LogP contribution >= 0.6 is 0 Å². The molecule has 0 fully saturated rings. The minimum atomic E-state index is 0.396. The van der Waals surface area contributed by atoms with Gasteiger partial charge in [0.15, 0.2) is 0 Å². The largest absolute Gasteiger partial charge is 0.310 e. The number of para-hydroxylation sites is 1. The maximum Gasteiger partial charge on any atom is 0.113 e. The molecule has 0 radical (unpaired) electrons. The molecule has 0 amide bonds. The summed E-state index contributed by atoms with van der Waals surface area (Å²) in [6.45, 7) is 7.56. The molecule has 1 N–H and O–H groups in total. The summed E-state index contributed by atoms with van der Waals surface area (Å²) in [4.78, 5) is 4.50. The van der Waals surface area contributed by atoms with Gasteiger partial charge >= 0.3 is 0 Å². The highest BCUT2D eigenvalue weighted by molar-refractivity contribution is 5.44. The van der Waals surface area contributed by atoms with E-state index in [0.29, 0.717) is 6.04 Å². The van der Waals surface area contributed by atoms with Crippen LogP contribution in [0, 0.1) is 0 Å². The predicted molar refractivity (Wildman–Crippen MR) is 84.3 cm³/mol. The van der Waals surface area contributed by atoms with Crippen molar-refractivity contribution < 1.29 is 0 Å². The Bertz CT molecular complexity index is 531. The molecule has 0 saturated carbocycles. The highest BCUT2D eigenvalue weighted by Gasteiger charge is 2.14. The minimum absolute atomic E-state index is 0.396. The average Bonchev–Trinajstić information content (AvgIpc) is 2.93. The molecule has 0 aliphatic carbocycles. The molecule has 1 aromatic heterocycles. The van der Waals surface area contributed by atoms with E-state index < -0.39 is 0 Å². The number of aryl methyl sites for hydroxylation is 1. The van der Waals surface area contributed by atoms with Crippen molar-refractivity contribution in [2.24, 2.45) is 0 Å². The van der Waals surface area contributed by atoms with Gasteiger partial charge in [-0.2, -0.15) is 0 Å². The summed E-state index contributed by atoms with van der Waals surface area (Å²) in [6, 6.07) is 9.04. The lowest BCUT2D eigenvalue weighted by Crippen LogP contribution is -2.21. The van der Waals surface area contributed by atoms with Crippen LogP contribution in [0.4, 0.5) is 0 Å². The van der Waals surface area contributed by atoms with Gasteiger partial charge in [0.1, 0.15) is 5.82 Å². The smallest absolute Gasteiger partial charge is 0.113 e. The van der Waals surface area contributed by atoms with E-state index in [9.17, 15) is 0 Å². The minimum Gasteiger partial charge on any atom is -0.310 e. The fourth-order valence-corrected chi connectivity index (χ4v) is 2.68. The van der Waals surface area contributed by atoms with Crippen molar-refractivity contribution >= 4 is 0 Å². The summed E-state index contributed by atoms with van der Waals surface area (Å²) >= 11 is 0. The summed E-state index contributed by atoms with van der Waals surface area (Å²) in [5.41, 5.74) is 2.61. The van der Waals surface area contributed by atoms with Gasteiger partial charge in [0, 0.05) is 24.9 Å². The van der Waals surface area contributed by atoms with Crippen molar-refractivity contribution in [3.05, 3.63) is 48.0 Å². The average molecular weight is 271 g/mol. The second-order valence-corrected chi connectivity index (χ2v) is 5.04. The number of nitrogens with zero attached hydrogens (tertiary/aromatic N) is 2. The first kappa shape index (κ1) is 14.8. The van der Waals surface area contributed by atoms with E-state index in [2.05, 4.69) is 66.1 Å². The van der Waals surface area contributed by atoms with Crippen molar-refractivity contribution in [2.75, 3.05) is 6.54 Å². The number of hydrogen-bond acceptors (Lipinski definition) is 2. The van der Waals surface area contributed by atoms with Crippen LogP contribution < -0.4 is 5.32 Å². The molecular formula is C17H25N3. The number of hydrogen-bond donors (Lipinski definition) is 1. The normalized spacial score (nSPS) is 12.6. The van der Waals surface area contributed by atoms with Crippen LogP contribution in [-0.4, -0.2) is 16.1 Å². The number of benzene rings is 1. The van der Waals surface area contributed by atoms with E-state index in [0.717, 1.165) is 31.6 Å². The van der Waals surface area contributed by atoms with Gasteiger partial charge in [-0.15, -0.1) is 0 Å². The molecule has 1 unspecified atom stereocenters. The van der Waals surface area contributed by atoms with Crippen LogP contribution in [0.5, 0.6) is 0 Å². The molecule has 0 saturated heterocycles. The topological polar surface area (TPSA) is 29.9 Å². The van der Waals surface area contributed by atoms with E-state index in [1.165, 1.54) is 11.3 Å². The van der Waals surface area contributed by atoms with E-state index in [4.69, 9.17) is 0 Å². The molecule has 20 heavy (non-hydrogen) atoms. The molecule has 2 aromatic rings. The molecule has 108 valence electrons. The predicted octanol–water partition coefficient (Wildman–Crippen LogP) is 3.89. The second-order valence-electron chi connectivity index (χ2n) is 5.04. The lowest BCUT2D eigenvalue weighted by Gasteiger charge is -2.21. The maximum absolute atomic E-state index is 4.50. The monoisotopic (exact) mass is 271 g/mol. The van der Waals surface area contributed by atoms with Crippen molar-refractivity contribution in [1.82, 2.24) is 14.9 Å². The fraction of sp³-hybridized carbons (Fsp3) is 0.471. The third-order valence-electron chi connectivity index (χ3n) is 3.62. The number of aromatic nitrogens is 2. The molecule has 1 aromatic carbocycles. The molecule has 3 nitrogen and oxygen atoms in total. The summed E-state index contributed by atoms with van der Waals surface area (Å²) in [6.07, 6.45) is 7.18. The zero-order valence-electron chi connectivity index (χ0n) is 12.8. The molecule has 0 spiro atoms. The fourth-order valence-electron chi connectivity index (χ4n) is 2.68. The quantitative estimate of drug-likeness (QED) is 0.828. The molecule has 0 aliphatic rings. The van der Waals surface area contributed by atoms with E-state index in [1.807, 2.05) is 6.20 Å². The summed E-state index contributed by atoms with van der Waals surface area (Å²) in [5, 5.41) is 3.57. The summed E-state index contributed by atoms with van der Waals surface area (Å²) < 4.78 is 2.23. The Labute approximate surface area is 122 Å². The first-order chi connectivity index (χ1) is 9.81. The Morgan fingerprint density at radius 2 is 2.00 bits per heavy atom. The van der Waals surface area contributed by atoms with E-state index >= 15 is 0 Å². The van der Waals surface area contributed by atoms with Gasteiger partial charge in [-0.1, -0.05) is 39.0 Å². The van der Waals surface area contributed by atoms with Gasteiger partial charge in [0.2, 0.25) is 0 Å². The lowest BCUT2D eigenvalue weighted by molar-refractivity contribution is 0.535. The van der Waals surface area contributed by atoms with Crippen LogP contribution in [0.3, 0.4) is 0 Å². The first-order valence-corrected chi connectivity index (χ1v) is 7.66. The Morgan fingerprint density at radius 1 is 1.20 bits per heavy atom. The van der Waals surface area contributed by atoms with Crippen molar-refractivity contribution in [1.29, 1.82) is 0 Å². The second kappa shape index (κ2) is 7.25. The Hall–Kier alpha value is -1.61. The van der Waals surface area contributed by atoms with E-state index in [-0.39, 0.29) is 0 Å². The molecule has 0 aliphatic heterocycles. The van der Waals surface area contributed by atoms with Gasteiger partial charge in [0.05, 0.1) is 5.69 Å². The molecule has 0 bridgehead atoms. The maximum atomic E-state index is 4.50. The van der Waals surface area contributed by atoms with E-state index in [1.54, 1.807) is 0 Å².